The second-order valence-corrected chi connectivity index (χ2v) is 4.80. The second-order valence-electron chi connectivity index (χ2n) is 4.80. The molecule has 4 aromatic heterocycles. The monoisotopic (exact) mass is 295 g/mol. The highest BCUT2D eigenvalue weighted by Gasteiger charge is 2.11. The molecule has 0 aromatic carbocycles. The van der Waals surface area contributed by atoms with Crippen LogP contribution in [0, 0.1) is 5.95 Å². The Morgan fingerprint density at radius 1 is 1.09 bits per heavy atom. The first-order chi connectivity index (χ1) is 10.7. The van der Waals surface area contributed by atoms with Crippen molar-refractivity contribution < 1.29 is 8.81 Å². The number of oxazole rings is 1. The van der Waals surface area contributed by atoms with Gasteiger partial charge < -0.3 is 8.98 Å². The third-order valence-corrected chi connectivity index (χ3v) is 3.31. The van der Waals surface area contributed by atoms with Crippen LogP contribution in [0.3, 0.4) is 0 Å². The number of halogens is 1. The molecule has 0 unspecified atom stereocenters. The van der Waals surface area contributed by atoms with Gasteiger partial charge >= 0.3 is 0 Å². The zero-order valence-electron chi connectivity index (χ0n) is 11.6. The standard InChI is InChI=1S/C15H10FN5O/c1-21-8-17-7-12(21)10-3-2-9(6-18-10)14-19-11-4-5-13(16)20-15(11)22-14/h2-8H,1H3. The van der Waals surface area contributed by atoms with Crippen molar-refractivity contribution in [3.63, 3.8) is 0 Å². The Balaban J connectivity index is 1.74. The first-order valence-electron chi connectivity index (χ1n) is 6.57. The van der Waals surface area contributed by atoms with E-state index in [1.54, 1.807) is 18.7 Å². The molecule has 0 atom stereocenters. The van der Waals surface area contributed by atoms with Gasteiger partial charge in [-0.15, -0.1) is 0 Å². The number of aromatic nitrogens is 5. The van der Waals surface area contributed by atoms with Crippen LogP contribution >= 0.6 is 0 Å². The van der Waals surface area contributed by atoms with Crippen LogP contribution in [0.4, 0.5) is 4.39 Å². The molecule has 0 aliphatic rings. The van der Waals surface area contributed by atoms with Gasteiger partial charge in [-0.2, -0.15) is 9.37 Å². The topological polar surface area (TPSA) is 69.6 Å². The third-order valence-electron chi connectivity index (χ3n) is 3.31. The summed E-state index contributed by atoms with van der Waals surface area (Å²) in [6.45, 7) is 0. The molecule has 22 heavy (non-hydrogen) atoms. The van der Waals surface area contributed by atoms with Crippen LogP contribution in [-0.2, 0) is 7.05 Å². The summed E-state index contributed by atoms with van der Waals surface area (Å²) in [5.74, 6) is -0.239. The van der Waals surface area contributed by atoms with E-state index in [-0.39, 0.29) is 5.71 Å². The van der Waals surface area contributed by atoms with Crippen LogP contribution < -0.4 is 0 Å². The number of pyridine rings is 2. The minimum atomic E-state index is -0.597. The zero-order chi connectivity index (χ0) is 15.1. The maximum Gasteiger partial charge on any atom is 0.250 e. The highest BCUT2D eigenvalue weighted by molar-refractivity contribution is 5.72. The lowest BCUT2D eigenvalue weighted by Gasteiger charge is -2.01. The average molecular weight is 295 g/mol. The zero-order valence-corrected chi connectivity index (χ0v) is 11.6. The maximum absolute atomic E-state index is 13.1. The molecule has 0 radical (unpaired) electrons. The fourth-order valence-corrected chi connectivity index (χ4v) is 2.19. The van der Waals surface area contributed by atoms with E-state index in [2.05, 4.69) is 19.9 Å². The van der Waals surface area contributed by atoms with Gasteiger partial charge in [0.05, 0.1) is 29.5 Å². The molecule has 0 aliphatic carbocycles. The lowest BCUT2D eigenvalue weighted by Crippen LogP contribution is -1.92. The summed E-state index contributed by atoms with van der Waals surface area (Å²) in [6.07, 6.45) is 5.11. The number of fused-ring (bicyclic) bond motifs is 1. The Bertz CT molecular complexity index is 958. The number of hydrogen-bond donors (Lipinski definition) is 0. The normalized spacial score (nSPS) is 11.2. The number of hydrogen-bond acceptors (Lipinski definition) is 5. The molecule has 0 saturated carbocycles. The lowest BCUT2D eigenvalue weighted by atomic mass is 10.2. The molecule has 0 bridgehead atoms. The molecule has 0 N–H and O–H groups in total. The van der Waals surface area contributed by atoms with Gasteiger partial charge in [0.25, 0.3) is 0 Å². The van der Waals surface area contributed by atoms with Crippen molar-refractivity contribution in [2.24, 2.45) is 7.05 Å². The first-order valence-corrected chi connectivity index (χ1v) is 6.57. The van der Waals surface area contributed by atoms with Crippen LogP contribution in [0.15, 0.2) is 47.4 Å². The molecule has 7 heteroatoms. The highest BCUT2D eigenvalue weighted by Crippen LogP contribution is 2.24. The first kappa shape index (κ1) is 12.6. The van der Waals surface area contributed by atoms with Gasteiger partial charge in [-0.1, -0.05) is 0 Å². The van der Waals surface area contributed by atoms with Crippen molar-refractivity contribution in [3.05, 3.63) is 48.9 Å². The maximum atomic E-state index is 13.1. The van der Waals surface area contributed by atoms with E-state index in [4.69, 9.17) is 4.42 Å². The van der Waals surface area contributed by atoms with E-state index < -0.39 is 5.95 Å². The fourth-order valence-electron chi connectivity index (χ4n) is 2.19. The quantitative estimate of drug-likeness (QED) is 0.532. The average Bonchev–Trinajstić information content (AvgIpc) is 3.13. The summed E-state index contributed by atoms with van der Waals surface area (Å²) in [6, 6.07) is 6.48. The predicted molar refractivity (Wildman–Crippen MR) is 77.2 cm³/mol. The number of aryl methyl sites for hydroxylation is 1. The van der Waals surface area contributed by atoms with Crippen LogP contribution in [0.2, 0.25) is 0 Å². The summed E-state index contributed by atoms with van der Waals surface area (Å²) in [7, 11) is 1.90. The van der Waals surface area contributed by atoms with E-state index in [0.717, 1.165) is 11.4 Å². The molecule has 6 nitrogen and oxygen atoms in total. The summed E-state index contributed by atoms with van der Waals surface area (Å²) in [5, 5.41) is 0. The van der Waals surface area contributed by atoms with Gasteiger partial charge in [0.1, 0.15) is 5.52 Å². The second kappa shape index (κ2) is 4.73. The van der Waals surface area contributed by atoms with Crippen molar-refractivity contribution in [2.45, 2.75) is 0 Å². The minimum Gasteiger partial charge on any atom is -0.418 e. The molecule has 0 aliphatic heterocycles. The molecule has 4 heterocycles. The molecule has 4 rings (SSSR count). The van der Waals surface area contributed by atoms with Gasteiger partial charge in [-0.25, -0.2) is 9.97 Å². The van der Waals surface area contributed by atoms with Crippen molar-refractivity contribution >= 4 is 11.2 Å². The SMILES string of the molecule is Cn1cncc1-c1ccc(-c2nc3ccc(F)nc3o2)cn1. The van der Waals surface area contributed by atoms with Crippen molar-refractivity contribution in [3.8, 4) is 22.8 Å². The molecular weight excluding hydrogens is 285 g/mol. The summed E-state index contributed by atoms with van der Waals surface area (Å²) < 4.78 is 20.4. The molecule has 0 fully saturated rings. The van der Waals surface area contributed by atoms with Crippen molar-refractivity contribution in [2.75, 3.05) is 0 Å². The molecule has 0 saturated heterocycles. The van der Waals surface area contributed by atoms with Gasteiger partial charge in [-0.05, 0) is 24.3 Å². The van der Waals surface area contributed by atoms with E-state index in [9.17, 15) is 4.39 Å². The Kier molecular flexibility index (Phi) is 2.72. The van der Waals surface area contributed by atoms with Crippen molar-refractivity contribution in [1.29, 1.82) is 0 Å². The number of nitrogens with zero attached hydrogens (tertiary/aromatic N) is 5. The van der Waals surface area contributed by atoms with Crippen LogP contribution in [-0.4, -0.2) is 24.5 Å². The molecule has 108 valence electrons. The fraction of sp³-hybridized carbons (Fsp3) is 0.0667. The van der Waals surface area contributed by atoms with Gasteiger partial charge in [0.15, 0.2) is 0 Å². The van der Waals surface area contributed by atoms with Crippen LogP contribution in [0.1, 0.15) is 0 Å². The van der Waals surface area contributed by atoms with Gasteiger partial charge in [0.2, 0.25) is 17.6 Å². The van der Waals surface area contributed by atoms with Crippen LogP contribution in [0.25, 0.3) is 34.1 Å². The van der Waals surface area contributed by atoms with E-state index in [0.29, 0.717) is 17.0 Å². The largest absolute Gasteiger partial charge is 0.418 e. The molecular formula is C15H10FN5O. The molecule has 0 amide bonds. The van der Waals surface area contributed by atoms with E-state index >= 15 is 0 Å². The lowest BCUT2D eigenvalue weighted by molar-refractivity contribution is 0.559. The van der Waals surface area contributed by atoms with Gasteiger partial charge in [-0.3, -0.25) is 4.98 Å². The highest BCUT2D eigenvalue weighted by atomic mass is 19.1. The summed E-state index contributed by atoms with van der Waals surface area (Å²) >= 11 is 0. The minimum absolute atomic E-state index is 0.172. The Morgan fingerprint density at radius 3 is 2.73 bits per heavy atom. The third kappa shape index (κ3) is 2.03. The summed E-state index contributed by atoms with van der Waals surface area (Å²) in [4.78, 5) is 16.4. The number of imidazole rings is 1. The van der Waals surface area contributed by atoms with Crippen LogP contribution in [0.5, 0.6) is 0 Å². The van der Waals surface area contributed by atoms with E-state index in [1.165, 1.54) is 12.1 Å². The Labute approximate surface area is 124 Å². The predicted octanol–water partition coefficient (Wildman–Crippen LogP) is 2.82. The molecule has 4 aromatic rings. The van der Waals surface area contributed by atoms with E-state index in [1.807, 2.05) is 23.7 Å². The Hall–Kier alpha value is -3.09. The number of rotatable bonds is 2. The Morgan fingerprint density at radius 2 is 2.00 bits per heavy atom. The summed E-state index contributed by atoms with van der Waals surface area (Å²) in [5.41, 5.74) is 3.08. The smallest absolute Gasteiger partial charge is 0.250 e. The van der Waals surface area contributed by atoms with Crippen molar-refractivity contribution in [1.82, 2.24) is 24.5 Å². The van der Waals surface area contributed by atoms with Gasteiger partial charge in [0, 0.05) is 13.2 Å². The molecule has 0 spiro atoms.